The molecule has 0 amide bonds. The van der Waals surface area contributed by atoms with E-state index in [1.807, 2.05) is 50.2 Å². The standard InChI is InChI=1S/C14H14N8/c1-10-8-11(2)22(21-10)14-19-17-13(18-20-14)16-15-9-12-6-4-3-5-7-12/h3-9H,1-2H3,(H,16,17,18)/b15-9+. The molecule has 8 heteroatoms. The second-order valence-corrected chi connectivity index (χ2v) is 4.64. The topological polar surface area (TPSA) is 93.8 Å². The Bertz CT molecular complexity index is 776. The highest BCUT2D eigenvalue weighted by Gasteiger charge is 2.07. The zero-order chi connectivity index (χ0) is 15.4. The largest absolute Gasteiger partial charge is 0.289 e. The van der Waals surface area contributed by atoms with E-state index in [0.29, 0.717) is 5.95 Å². The van der Waals surface area contributed by atoms with Crippen molar-refractivity contribution in [3.8, 4) is 5.95 Å². The van der Waals surface area contributed by atoms with Crippen LogP contribution in [0.1, 0.15) is 17.0 Å². The average molecular weight is 294 g/mol. The van der Waals surface area contributed by atoms with Crippen LogP contribution in [0.15, 0.2) is 41.5 Å². The Morgan fingerprint density at radius 1 is 1.05 bits per heavy atom. The maximum absolute atomic E-state index is 4.27. The quantitative estimate of drug-likeness (QED) is 0.579. The summed E-state index contributed by atoms with van der Waals surface area (Å²) in [5.41, 5.74) is 5.46. The number of benzene rings is 1. The van der Waals surface area contributed by atoms with Gasteiger partial charge in [-0.15, -0.1) is 20.4 Å². The van der Waals surface area contributed by atoms with Crippen LogP contribution in [0.5, 0.6) is 0 Å². The normalized spacial score (nSPS) is 11.0. The lowest BCUT2D eigenvalue weighted by atomic mass is 10.2. The van der Waals surface area contributed by atoms with E-state index in [2.05, 4.69) is 36.0 Å². The third-order valence-corrected chi connectivity index (χ3v) is 2.85. The first kappa shape index (κ1) is 13.8. The summed E-state index contributed by atoms with van der Waals surface area (Å²) in [5, 5.41) is 24.1. The van der Waals surface area contributed by atoms with Crippen LogP contribution in [0.2, 0.25) is 0 Å². The van der Waals surface area contributed by atoms with Crippen molar-refractivity contribution in [1.82, 2.24) is 30.2 Å². The third kappa shape index (κ3) is 3.11. The molecule has 22 heavy (non-hydrogen) atoms. The Labute approximate surface area is 126 Å². The molecule has 3 rings (SSSR count). The number of hydrazone groups is 1. The highest BCUT2D eigenvalue weighted by atomic mass is 15.5. The molecule has 2 aromatic heterocycles. The molecule has 0 aliphatic rings. The highest BCUT2D eigenvalue weighted by Crippen LogP contribution is 2.06. The summed E-state index contributed by atoms with van der Waals surface area (Å²) in [6, 6.07) is 11.6. The van der Waals surface area contributed by atoms with E-state index in [1.165, 1.54) is 0 Å². The van der Waals surface area contributed by atoms with Crippen LogP contribution in [0.25, 0.3) is 5.95 Å². The van der Waals surface area contributed by atoms with E-state index in [-0.39, 0.29) is 5.95 Å². The molecule has 0 fully saturated rings. The van der Waals surface area contributed by atoms with Crippen molar-refractivity contribution in [2.45, 2.75) is 13.8 Å². The lowest BCUT2D eigenvalue weighted by Gasteiger charge is -2.01. The maximum Gasteiger partial charge on any atom is 0.289 e. The summed E-state index contributed by atoms with van der Waals surface area (Å²) in [4.78, 5) is 0. The van der Waals surface area contributed by atoms with E-state index in [0.717, 1.165) is 17.0 Å². The molecule has 3 aromatic rings. The molecule has 0 saturated heterocycles. The first-order valence-corrected chi connectivity index (χ1v) is 6.67. The molecule has 0 saturated carbocycles. The van der Waals surface area contributed by atoms with Gasteiger partial charge >= 0.3 is 0 Å². The lowest BCUT2D eigenvalue weighted by molar-refractivity contribution is 0.711. The molecular formula is C14H14N8. The van der Waals surface area contributed by atoms with Crippen molar-refractivity contribution in [1.29, 1.82) is 0 Å². The smallest absolute Gasteiger partial charge is 0.243 e. The number of rotatable bonds is 4. The fraction of sp³-hybridized carbons (Fsp3) is 0.143. The molecule has 8 nitrogen and oxygen atoms in total. The number of nitrogens with zero attached hydrogens (tertiary/aromatic N) is 7. The number of aryl methyl sites for hydroxylation is 2. The van der Waals surface area contributed by atoms with Crippen LogP contribution in [0.3, 0.4) is 0 Å². The highest BCUT2D eigenvalue weighted by molar-refractivity contribution is 5.79. The molecule has 0 unspecified atom stereocenters. The third-order valence-electron chi connectivity index (χ3n) is 2.85. The van der Waals surface area contributed by atoms with Crippen LogP contribution in [-0.2, 0) is 0 Å². The number of anilines is 1. The predicted octanol–water partition coefficient (Wildman–Crippen LogP) is 1.52. The SMILES string of the molecule is Cc1cc(C)n(-c2nnc(N/N=C/c3ccccc3)nn2)n1. The summed E-state index contributed by atoms with van der Waals surface area (Å²) in [7, 11) is 0. The first-order chi connectivity index (χ1) is 10.7. The summed E-state index contributed by atoms with van der Waals surface area (Å²) in [5.74, 6) is 0.542. The van der Waals surface area contributed by atoms with Crippen LogP contribution in [0, 0.1) is 13.8 Å². The monoisotopic (exact) mass is 294 g/mol. The number of nitrogens with one attached hydrogen (secondary N) is 1. The molecular weight excluding hydrogens is 280 g/mol. The minimum atomic E-state index is 0.220. The maximum atomic E-state index is 4.27. The Morgan fingerprint density at radius 3 is 2.41 bits per heavy atom. The Hall–Kier alpha value is -3.16. The van der Waals surface area contributed by atoms with Crippen molar-refractivity contribution in [3.63, 3.8) is 0 Å². The molecule has 0 atom stereocenters. The molecule has 0 aliphatic carbocycles. The van der Waals surface area contributed by atoms with Gasteiger partial charge in [-0.25, -0.2) is 10.1 Å². The van der Waals surface area contributed by atoms with Crippen LogP contribution >= 0.6 is 0 Å². The van der Waals surface area contributed by atoms with Gasteiger partial charge in [0.2, 0.25) is 0 Å². The van der Waals surface area contributed by atoms with Gasteiger partial charge in [-0.05, 0) is 25.5 Å². The van der Waals surface area contributed by atoms with Gasteiger partial charge < -0.3 is 0 Å². The van der Waals surface area contributed by atoms with Crippen molar-refractivity contribution in [2.24, 2.45) is 5.10 Å². The van der Waals surface area contributed by atoms with Gasteiger partial charge in [0.05, 0.1) is 11.9 Å². The van der Waals surface area contributed by atoms with Crippen molar-refractivity contribution in [3.05, 3.63) is 53.3 Å². The number of hydrogen-bond donors (Lipinski definition) is 1. The van der Waals surface area contributed by atoms with Gasteiger partial charge in [-0.3, -0.25) is 0 Å². The van der Waals surface area contributed by atoms with Crippen LogP contribution in [-0.4, -0.2) is 36.4 Å². The molecule has 1 N–H and O–H groups in total. The Kier molecular flexibility index (Phi) is 3.82. The minimum absolute atomic E-state index is 0.220. The van der Waals surface area contributed by atoms with E-state index in [1.54, 1.807) is 10.9 Å². The number of aromatic nitrogens is 6. The molecule has 0 aliphatic heterocycles. The summed E-state index contributed by atoms with van der Waals surface area (Å²) in [6.07, 6.45) is 1.66. The van der Waals surface area contributed by atoms with Crippen molar-refractivity contribution >= 4 is 12.2 Å². The van der Waals surface area contributed by atoms with Crippen molar-refractivity contribution in [2.75, 3.05) is 5.43 Å². The predicted molar refractivity (Wildman–Crippen MR) is 81.9 cm³/mol. The zero-order valence-electron chi connectivity index (χ0n) is 12.2. The Balaban J connectivity index is 1.69. The second-order valence-electron chi connectivity index (χ2n) is 4.64. The van der Waals surface area contributed by atoms with Crippen LogP contribution < -0.4 is 5.43 Å². The molecule has 0 bridgehead atoms. The minimum Gasteiger partial charge on any atom is -0.243 e. The molecule has 1 aromatic carbocycles. The fourth-order valence-electron chi connectivity index (χ4n) is 1.89. The van der Waals surface area contributed by atoms with Gasteiger partial charge in [0.25, 0.3) is 11.9 Å². The summed E-state index contributed by atoms with van der Waals surface area (Å²) >= 11 is 0. The second kappa shape index (κ2) is 6.08. The molecule has 110 valence electrons. The van der Waals surface area contributed by atoms with Gasteiger partial charge in [-0.2, -0.15) is 10.2 Å². The molecule has 0 radical (unpaired) electrons. The van der Waals surface area contributed by atoms with E-state index < -0.39 is 0 Å². The van der Waals surface area contributed by atoms with Gasteiger partial charge in [-0.1, -0.05) is 30.3 Å². The first-order valence-electron chi connectivity index (χ1n) is 6.67. The Morgan fingerprint density at radius 2 is 1.77 bits per heavy atom. The lowest BCUT2D eigenvalue weighted by Crippen LogP contribution is -2.09. The number of hydrogen-bond acceptors (Lipinski definition) is 7. The van der Waals surface area contributed by atoms with E-state index in [9.17, 15) is 0 Å². The summed E-state index contributed by atoms with van der Waals surface area (Å²) in [6.45, 7) is 3.82. The fourth-order valence-corrected chi connectivity index (χ4v) is 1.89. The van der Waals surface area contributed by atoms with Crippen molar-refractivity contribution < 1.29 is 0 Å². The van der Waals surface area contributed by atoms with Crippen LogP contribution in [0.4, 0.5) is 5.95 Å². The molecule has 2 heterocycles. The van der Waals surface area contributed by atoms with E-state index >= 15 is 0 Å². The van der Waals surface area contributed by atoms with Gasteiger partial charge in [0.1, 0.15) is 0 Å². The molecule has 0 spiro atoms. The average Bonchev–Trinajstić information content (AvgIpc) is 2.88. The van der Waals surface area contributed by atoms with Gasteiger partial charge in [0, 0.05) is 5.69 Å². The zero-order valence-corrected chi connectivity index (χ0v) is 12.2. The van der Waals surface area contributed by atoms with Gasteiger partial charge in [0.15, 0.2) is 0 Å². The van der Waals surface area contributed by atoms with E-state index in [4.69, 9.17) is 0 Å². The summed E-state index contributed by atoms with van der Waals surface area (Å²) < 4.78 is 1.59.